The van der Waals surface area contributed by atoms with Crippen LogP contribution in [-0.2, 0) is 19.7 Å². The number of anilines is 1. The minimum atomic E-state index is -0.759. The van der Waals surface area contributed by atoms with Crippen LogP contribution in [0.4, 0.5) is 14.9 Å². The molecule has 2 atom stereocenters. The second kappa shape index (κ2) is 11.4. The number of benzene rings is 1. The van der Waals surface area contributed by atoms with Crippen molar-refractivity contribution >= 4 is 17.7 Å². The van der Waals surface area contributed by atoms with Crippen LogP contribution >= 0.6 is 0 Å². The maximum absolute atomic E-state index is 13.9. The lowest BCUT2D eigenvalue weighted by Crippen LogP contribution is -2.52. The summed E-state index contributed by atoms with van der Waals surface area (Å²) in [6.45, 7) is 11.8. The second-order valence-corrected chi connectivity index (χ2v) is 11.6. The van der Waals surface area contributed by atoms with Crippen molar-refractivity contribution in [1.82, 2.24) is 10.2 Å². The van der Waals surface area contributed by atoms with Crippen LogP contribution in [0.15, 0.2) is 18.2 Å². The van der Waals surface area contributed by atoms with E-state index in [1.165, 1.54) is 6.07 Å². The molecule has 1 aromatic rings. The lowest BCUT2D eigenvalue weighted by molar-refractivity contribution is -0.148. The van der Waals surface area contributed by atoms with Gasteiger partial charge in [0.15, 0.2) is 6.10 Å². The molecular weight excluding hydrogens is 461 g/mol. The maximum atomic E-state index is 13.9. The number of carbonyl (C=O) groups excluding carboxylic acids is 2. The van der Waals surface area contributed by atoms with E-state index in [1.54, 1.807) is 11.0 Å². The molecule has 8 heteroatoms. The van der Waals surface area contributed by atoms with Crippen LogP contribution < -0.4 is 10.2 Å². The van der Waals surface area contributed by atoms with Gasteiger partial charge in [-0.15, -0.1) is 0 Å². The molecule has 4 rings (SSSR count). The van der Waals surface area contributed by atoms with Gasteiger partial charge in [0, 0.05) is 43.2 Å². The monoisotopic (exact) mass is 503 g/mol. The molecule has 2 unspecified atom stereocenters. The Balaban J connectivity index is 1.44. The largest absolute Gasteiger partial charge is 0.436 e. The van der Waals surface area contributed by atoms with Crippen LogP contribution in [-0.4, -0.2) is 68.4 Å². The molecule has 3 aliphatic rings. The number of fused-ring (bicyclic) bond motifs is 1. The zero-order chi connectivity index (χ0) is 25.9. The fourth-order valence-electron chi connectivity index (χ4n) is 5.85. The summed E-state index contributed by atoms with van der Waals surface area (Å²) in [5.41, 5.74) is 1.81. The Morgan fingerprint density at radius 3 is 2.53 bits per heavy atom. The highest BCUT2D eigenvalue weighted by Gasteiger charge is 2.39. The number of nitrogens with zero attached hydrogens (tertiary/aromatic N) is 2. The molecule has 2 aliphatic heterocycles. The van der Waals surface area contributed by atoms with Crippen molar-refractivity contribution in [2.24, 2.45) is 11.8 Å². The molecule has 2 amide bonds. The van der Waals surface area contributed by atoms with Gasteiger partial charge in [-0.25, -0.2) is 9.18 Å². The molecule has 1 aromatic carbocycles. The SMILES string of the molecule is CC(C)C(CN1CC(C)(C)c2cc(F)ccc21)NC(=O)OC(C(=O)N1CCOCC1)C1CCCCC1. The van der Waals surface area contributed by atoms with Crippen molar-refractivity contribution in [3.63, 3.8) is 0 Å². The van der Waals surface area contributed by atoms with Crippen LogP contribution in [0.1, 0.15) is 65.4 Å². The summed E-state index contributed by atoms with van der Waals surface area (Å²) in [5.74, 6) is -0.130. The first-order valence-electron chi connectivity index (χ1n) is 13.5. The van der Waals surface area contributed by atoms with Gasteiger partial charge in [-0.05, 0) is 42.5 Å². The molecule has 200 valence electrons. The van der Waals surface area contributed by atoms with Crippen LogP contribution in [0.5, 0.6) is 0 Å². The Labute approximate surface area is 214 Å². The first-order valence-corrected chi connectivity index (χ1v) is 13.5. The summed E-state index contributed by atoms with van der Waals surface area (Å²) in [4.78, 5) is 30.6. The molecule has 2 fully saturated rings. The molecule has 1 N–H and O–H groups in total. The third-order valence-corrected chi connectivity index (χ3v) is 8.02. The highest BCUT2D eigenvalue weighted by Crippen LogP contribution is 2.41. The fraction of sp³-hybridized carbons (Fsp3) is 0.714. The summed E-state index contributed by atoms with van der Waals surface area (Å²) in [6, 6.07) is 4.75. The normalized spacial score (nSPS) is 21.7. The summed E-state index contributed by atoms with van der Waals surface area (Å²) < 4.78 is 25.3. The summed E-state index contributed by atoms with van der Waals surface area (Å²) in [5, 5.41) is 3.07. The van der Waals surface area contributed by atoms with Gasteiger partial charge in [-0.1, -0.05) is 47.0 Å². The van der Waals surface area contributed by atoms with E-state index in [0.29, 0.717) is 32.8 Å². The predicted molar refractivity (Wildman–Crippen MR) is 138 cm³/mol. The number of carbonyl (C=O) groups is 2. The number of amides is 2. The first kappa shape index (κ1) is 26.7. The molecular formula is C28H42FN3O4. The van der Waals surface area contributed by atoms with Crippen molar-refractivity contribution in [3.8, 4) is 0 Å². The van der Waals surface area contributed by atoms with E-state index in [9.17, 15) is 14.0 Å². The van der Waals surface area contributed by atoms with Crippen LogP contribution in [0.2, 0.25) is 0 Å². The third-order valence-electron chi connectivity index (χ3n) is 8.02. The highest BCUT2D eigenvalue weighted by molar-refractivity contribution is 5.84. The van der Waals surface area contributed by atoms with E-state index in [0.717, 1.165) is 49.9 Å². The minimum absolute atomic E-state index is 0.0542. The number of hydrogen-bond donors (Lipinski definition) is 1. The van der Waals surface area contributed by atoms with Crippen molar-refractivity contribution < 1.29 is 23.5 Å². The third kappa shape index (κ3) is 6.13. The van der Waals surface area contributed by atoms with E-state index >= 15 is 0 Å². The Kier molecular flexibility index (Phi) is 8.43. The zero-order valence-corrected chi connectivity index (χ0v) is 22.2. The molecule has 7 nitrogen and oxygen atoms in total. The van der Waals surface area contributed by atoms with E-state index < -0.39 is 12.2 Å². The average Bonchev–Trinajstić information content (AvgIpc) is 3.11. The van der Waals surface area contributed by atoms with Gasteiger partial charge >= 0.3 is 6.09 Å². The Hall–Kier alpha value is -2.35. The van der Waals surface area contributed by atoms with Crippen LogP contribution in [0.25, 0.3) is 0 Å². The smallest absolute Gasteiger partial charge is 0.408 e. The van der Waals surface area contributed by atoms with Crippen LogP contribution in [0.3, 0.4) is 0 Å². The minimum Gasteiger partial charge on any atom is -0.436 e. The molecule has 2 heterocycles. The van der Waals surface area contributed by atoms with E-state index in [1.807, 2.05) is 6.07 Å². The molecule has 1 saturated heterocycles. The fourth-order valence-corrected chi connectivity index (χ4v) is 5.85. The van der Waals surface area contributed by atoms with Gasteiger partial charge in [-0.3, -0.25) is 4.79 Å². The number of ether oxygens (including phenoxy) is 2. The van der Waals surface area contributed by atoms with E-state index in [2.05, 4.69) is 37.9 Å². The van der Waals surface area contributed by atoms with Gasteiger partial charge in [-0.2, -0.15) is 0 Å². The summed E-state index contributed by atoms with van der Waals surface area (Å²) in [6.07, 6.45) is 3.78. The Morgan fingerprint density at radius 1 is 1.17 bits per heavy atom. The van der Waals surface area contributed by atoms with E-state index in [4.69, 9.17) is 9.47 Å². The lowest BCUT2D eigenvalue weighted by Gasteiger charge is -2.35. The number of nitrogens with one attached hydrogen (secondary N) is 1. The standard InChI is InChI=1S/C28H42FN3O4/c1-19(2)23(17-32-18-28(3,4)22-16-21(29)10-11-24(22)32)30-27(34)36-25(20-8-6-5-7-9-20)26(33)31-12-14-35-15-13-31/h10-11,16,19-20,23,25H,5-9,12-15,17-18H2,1-4H3,(H,30,34). The number of halogens is 1. The number of morpholine rings is 1. The topological polar surface area (TPSA) is 71.1 Å². The molecule has 0 aromatic heterocycles. The van der Waals surface area contributed by atoms with E-state index in [-0.39, 0.29) is 35.0 Å². The molecule has 1 aliphatic carbocycles. The molecule has 0 spiro atoms. The van der Waals surface area contributed by atoms with Crippen LogP contribution in [0, 0.1) is 17.7 Å². The van der Waals surface area contributed by atoms with Crippen molar-refractivity contribution in [3.05, 3.63) is 29.6 Å². The van der Waals surface area contributed by atoms with Crippen molar-refractivity contribution in [2.45, 2.75) is 77.4 Å². The first-order chi connectivity index (χ1) is 17.2. The summed E-state index contributed by atoms with van der Waals surface area (Å²) >= 11 is 0. The second-order valence-electron chi connectivity index (χ2n) is 11.6. The highest BCUT2D eigenvalue weighted by atomic mass is 19.1. The van der Waals surface area contributed by atoms with Gasteiger partial charge in [0.05, 0.1) is 19.3 Å². The van der Waals surface area contributed by atoms with Gasteiger partial charge in [0.2, 0.25) is 0 Å². The summed E-state index contributed by atoms with van der Waals surface area (Å²) in [7, 11) is 0. The maximum Gasteiger partial charge on any atom is 0.408 e. The molecule has 1 saturated carbocycles. The number of rotatable bonds is 7. The van der Waals surface area contributed by atoms with Crippen molar-refractivity contribution in [2.75, 3.05) is 44.3 Å². The van der Waals surface area contributed by atoms with Gasteiger partial charge in [0.1, 0.15) is 5.82 Å². The number of hydrogen-bond acceptors (Lipinski definition) is 5. The van der Waals surface area contributed by atoms with Gasteiger partial charge < -0.3 is 24.6 Å². The Bertz CT molecular complexity index is 925. The molecule has 36 heavy (non-hydrogen) atoms. The predicted octanol–water partition coefficient (Wildman–Crippen LogP) is 4.48. The van der Waals surface area contributed by atoms with Gasteiger partial charge in [0.25, 0.3) is 5.91 Å². The van der Waals surface area contributed by atoms with Crippen molar-refractivity contribution in [1.29, 1.82) is 0 Å². The lowest BCUT2D eigenvalue weighted by atomic mass is 9.84. The molecule has 0 radical (unpaired) electrons. The quantitative estimate of drug-likeness (QED) is 0.594. The zero-order valence-electron chi connectivity index (χ0n) is 22.2. The average molecular weight is 504 g/mol. The molecule has 0 bridgehead atoms. The number of alkyl carbamates (subject to hydrolysis) is 1. The Morgan fingerprint density at radius 2 is 1.86 bits per heavy atom.